The Balaban J connectivity index is 1.97. The van der Waals surface area contributed by atoms with Crippen molar-refractivity contribution in [3.05, 3.63) is 35.9 Å². The molecule has 21 heavy (non-hydrogen) atoms. The van der Waals surface area contributed by atoms with Gasteiger partial charge in [-0.1, -0.05) is 30.3 Å². The van der Waals surface area contributed by atoms with E-state index in [0.717, 1.165) is 5.56 Å². The maximum atomic E-state index is 11.9. The molecule has 2 rings (SSSR count). The quantitative estimate of drug-likeness (QED) is 0.866. The zero-order valence-electron chi connectivity index (χ0n) is 11.8. The van der Waals surface area contributed by atoms with Crippen LogP contribution in [-0.2, 0) is 16.8 Å². The molecular weight excluding hydrogens is 294 g/mol. The molecule has 0 saturated carbocycles. The van der Waals surface area contributed by atoms with Crippen LogP contribution in [0.2, 0.25) is 0 Å². The highest BCUT2D eigenvalue weighted by atomic mass is 32.2. The fourth-order valence-electron chi connectivity index (χ4n) is 2.19. The molecule has 1 saturated heterocycles. The van der Waals surface area contributed by atoms with Crippen molar-refractivity contribution in [3.8, 4) is 0 Å². The van der Waals surface area contributed by atoms with Crippen LogP contribution in [0.3, 0.4) is 0 Å². The third-order valence-electron chi connectivity index (χ3n) is 3.49. The summed E-state index contributed by atoms with van der Waals surface area (Å²) >= 11 is 0. The third-order valence-corrected chi connectivity index (χ3v) is 5.48. The first-order valence-electron chi connectivity index (χ1n) is 6.64. The molecular formula is C13H19N3O4S. The first kappa shape index (κ1) is 15.7. The average molecular weight is 313 g/mol. The van der Waals surface area contributed by atoms with Gasteiger partial charge in [0.15, 0.2) is 0 Å². The Kier molecular flexibility index (Phi) is 4.81. The first-order chi connectivity index (χ1) is 9.91. The van der Waals surface area contributed by atoms with Gasteiger partial charge in [-0.25, -0.2) is 4.79 Å². The Bertz CT molecular complexity index is 591. The van der Waals surface area contributed by atoms with Crippen molar-refractivity contribution in [2.75, 3.05) is 33.2 Å². The number of nitrogens with zero attached hydrogens (tertiary/aromatic N) is 3. The number of benzene rings is 1. The van der Waals surface area contributed by atoms with E-state index in [1.165, 1.54) is 20.6 Å². The van der Waals surface area contributed by atoms with Gasteiger partial charge in [0.1, 0.15) is 0 Å². The summed E-state index contributed by atoms with van der Waals surface area (Å²) in [6.45, 7) is 1.41. The van der Waals surface area contributed by atoms with Crippen LogP contribution < -0.4 is 0 Å². The lowest BCUT2D eigenvalue weighted by atomic mass is 10.2. The highest BCUT2D eigenvalue weighted by molar-refractivity contribution is 7.87. The van der Waals surface area contributed by atoms with Crippen LogP contribution in [0.15, 0.2) is 30.3 Å². The fourth-order valence-corrected chi connectivity index (χ4v) is 3.52. The molecule has 0 bridgehead atoms. The molecule has 1 aromatic rings. The van der Waals surface area contributed by atoms with E-state index in [2.05, 4.69) is 0 Å². The number of rotatable bonds is 5. The molecule has 0 aliphatic carbocycles. The molecule has 1 amide bonds. The van der Waals surface area contributed by atoms with Gasteiger partial charge in [-0.2, -0.15) is 17.0 Å². The molecule has 7 nitrogen and oxygen atoms in total. The van der Waals surface area contributed by atoms with E-state index >= 15 is 0 Å². The standard InChI is InChI=1S/C13H19N3O4S/c1-14-7-9-16(21(14,19)20)10-8-15(13(17)18)11-12-5-3-2-4-6-12/h2-6H,7-11H2,1H3,(H,17,18). The Morgan fingerprint density at radius 1 is 1.29 bits per heavy atom. The number of carboxylic acid groups (broad SMARTS) is 1. The summed E-state index contributed by atoms with van der Waals surface area (Å²) < 4.78 is 26.4. The van der Waals surface area contributed by atoms with E-state index < -0.39 is 16.3 Å². The minimum Gasteiger partial charge on any atom is -0.465 e. The van der Waals surface area contributed by atoms with Gasteiger partial charge < -0.3 is 10.0 Å². The molecule has 1 fully saturated rings. The molecule has 1 aliphatic rings. The van der Waals surface area contributed by atoms with E-state index in [9.17, 15) is 18.3 Å². The normalized spacial score (nSPS) is 18.7. The van der Waals surface area contributed by atoms with Gasteiger partial charge in [-0.05, 0) is 5.56 Å². The second-order valence-corrected chi connectivity index (χ2v) is 6.95. The van der Waals surface area contributed by atoms with Gasteiger partial charge in [0.25, 0.3) is 10.2 Å². The minimum atomic E-state index is -3.41. The Labute approximate surface area is 124 Å². The van der Waals surface area contributed by atoms with Gasteiger partial charge in [0.05, 0.1) is 0 Å². The van der Waals surface area contributed by atoms with Gasteiger partial charge in [-0.15, -0.1) is 0 Å². The lowest BCUT2D eigenvalue weighted by molar-refractivity contribution is 0.139. The summed E-state index contributed by atoms with van der Waals surface area (Å²) in [4.78, 5) is 12.5. The second-order valence-electron chi connectivity index (χ2n) is 4.92. The maximum absolute atomic E-state index is 11.9. The molecule has 0 radical (unpaired) electrons. The molecule has 1 N–H and O–H groups in total. The highest BCUT2D eigenvalue weighted by Gasteiger charge is 2.33. The summed E-state index contributed by atoms with van der Waals surface area (Å²) in [5, 5.41) is 9.24. The van der Waals surface area contributed by atoms with E-state index in [4.69, 9.17) is 0 Å². The SMILES string of the molecule is CN1CCN(CCN(Cc2ccccc2)C(=O)O)S1(=O)=O. The summed E-state index contributed by atoms with van der Waals surface area (Å²) in [6, 6.07) is 9.23. The van der Waals surface area contributed by atoms with Crippen LogP contribution in [0, 0.1) is 0 Å². The van der Waals surface area contributed by atoms with Crippen LogP contribution in [-0.4, -0.2) is 66.4 Å². The van der Waals surface area contributed by atoms with Crippen LogP contribution in [0.4, 0.5) is 4.79 Å². The molecule has 0 atom stereocenters. The van der Waals surface area contributed by atoms with Crippen LogP contribution in [0.25, 0.3) is 0 Å². The lowest BCUT2D eigenvalue weighted by Crippen LogP contribution is -2.39. The summed E-state index contributed by atoms with van der Waals surface area (Å²) in [5.41, 5.74) is 0.876. The average Bonchev–Trinajstić information content (AvgIpc) is 2.70. The van der Waals surface area contributed by atoms with Gasteiger partial charge in [0, 0.05) is 39.8 Å². The van der Waals surface area contributed by atoms with Gasteiger partial charge in [-0.3, -0.25) is 0 Å². The van der Waals surface area contributed by atoms with Crippen molar-refractivity contribution in [2.24, 2.45) is 0 Å². The molecule has 1 heterocycles. The van der Waals surface area contributed by atoms with Crippen molar-refractivity contribution in [1.82, 2.24) is 13.5 Å². The zero-order chi connectivity index (χ0) is 15.5. The second kappa shape index (κ2) is 6.42. The number of amides is 1. The predicted molar refractivity (Wildman–Crippen MR) is 78.0 cm³/mol. The molecule has 0 unspecified atom stereocenters. The van der Waals surface area contributed by atoms with Gasteiger partial charge in [0.2, 0.25) is 0 Å². The van der Waals surface area contributed by atoms with E-state index in [0.29, 0.717) is 13.1 Å². The van der Waals surface area contributed by atoms with Gasteiger partial charge >= 0.3 is 6.09 Å². The minimum absolute atomic E-state index is 0.150. The summed E-state index contributed by atoms with van der Waals surface area (Å²) in [5.74, 6) is 0. The monoisotopic (exact) mass is 313 g/mol. The van der Waals surface area contributed by atoms with Crippen molar-refractivity contribution >= 4 is 16.3 Å². The summed E-state index contributed by atoms with van der Waals surface area (Å²) in [6.07, 6.45) is -1.05. The molecule has 116 valence electrons. The third kappa shape index (κ3) is 3.72. The largest absolute Gasteiger partial charge is 0.465 e. The molecule has 1 aromatic carbocycles. The molecule has 8 heteroatoms. The number of hydrogen-bond donors (Lipinski definition) is 1. The Morgan fingerprint density at radius 3 is 2.48 bits per heavy atom. The fraction of sp³-hybridized carbons (Fsp3) is 0.462. The predicted octanol–water partition coefficient (Wildman–Crippen LogP) is 0.659. The van der Waals surface area contributed by atoms with Crippen molar-refractivity contribution in [2.45, 2.75) is 6.54 Å². The van der Waals surface area contributed by atoms with E-state index in [1.54, 1.807) is 0 Å². The maximum Gasteiger partial charge on any atom is 0.407 e. The van der Waals surface area contributed by atoms with Crippen LogP contribution in [0.1, 0.15) is 5.56 Å². The van der Waals surface area contributed by atoms with Crippen LogP contribution >= 0.6 is 0 Å². The van der Waals surface area contributed by atoms with Crippen molar-refractivity contribution < 1.29 is 18.3 Å². The van der Waals surface area contributed by atoms with Crippen molar-refractivity contribution in [1.29, 1.82) is 0 Å². The lowest BCUT2D eigenvalue weighted by Gasteiger charge is -2.22. The number of hydrogen-bond acceptors (Lipinski definition) is 3. The van der Waals surface area contributed by atoms with E-state index in [-0.39, 0.29) is 19.6 Å². The molecule has 1 aliphatic heterocycles. The molecule has 0 aromatic heterocycles. The van der Waals surface area contributed by atoms with E-state index in [1.807, 2.05) is 30.3 Å². The summed E-state index contributed by atoms with van der Waals surface area (Å²) in [7, 11) is -1.89. The number of carbonyl (C=O) groups is 1. The topological polar surface area (TPSA) is 81.2 Å². The van der Waals surface area contributed by atoms with Crippen molar-refractivity contribution in [3.63, 3.8) is 0 Å². The zero-order valence-corrected chi connectivity index (χ0v) is 12.7. The highest BCUT2D eigenvalue weighted by Crippen LogP contribution is 2.14. The first-order valence-corrected chi connectivity index (χ1v) is 8.04. The van der Waals surface area contributed by atoms with Crippen LogP contribution in [0.5, 0.6) is 0 Å². The Hall–Kier alpha value is -1.64. The molecule has 0 spiro atoms. The number of likely N-dealkylation sites (N-methyl/N-ethyl adjacent to an activating group) is 1. The Morgan fingerprint density at radius 2 is 1.95 bits per heavy atom. The smallest absolute Gasteiger partial charge is 0.407 e.